The van der Waals surface area contributed by atoms with Crippen LogP contribution in [-0.4, -0.2) is 48.5 Å². The standard InChI is InChI=1S/C19H28N2O5/c1-4-25-14-7-5-13(6-8-14)17(22)21-16(11-12(2)3)18(23)20-15-9-10-26-19(15)24/h5-8,12,15-16,19,24H,4,9-11H2,1-3H3,(H,20,23)(H,21,22). The summed E-state index contributed by atoms with van der Waals surface area (Å²) in [6.45, 7) is 6.81. The molecular weight excluding hydrogens is 336 g/mol. The van der Waals surface area contributed by atoms with Crippen molar-refractivity contribution >= 4 is 11.8 Å². The number of amides is 2. The van der Waals surface area contributed by atoms with Crippen molar-refractivity contribution in [3.05, 3.63) is 29.8 Å². The molecule has 1 saturated heterocycles. The molecule has 1 aliphatic heterocycles. The van der Waals surface area contributed by atoms with Crippen LogP contribution in [0.4, 0.5) is 0 Å². The lowest BCUT2D eigenvalue weighted by molar-refractivity contribution is -0.127. The van der Waals surface area contributed by atoms with E-state index in [1.165, 1.54) is 0 Å². The monoisotopic (exact) mass is 364 g/mol. The second-order valence-electron chi connectivity index (χ2n) is 6.78. The zero-order chi connectivity index (χ0) is 19.1. The molecule has 0 radical (unpaired) electrons. The Morgan fingerprint density at radius 3 is 2.54 bits per heavy atom. The van der Waals surface area contributed by atoms with Crippen LogP contribution in [0, 0.1) is 5.92 Å². The quantitative estimate of drug-likeness (QED) is 0.649. The molecule has 3 unspecified atom stereocenters. The van der Waals surface area contributed by atoms with E-state index in [4.69, 9.17) is 9.47 Å². The van der Waals surface area contributed by atoms with Crippen molar-refractivity contribution in [3.63, 3.8) is 0 Å². The molecular formula is C19H28N2O5. The van der Waals surface area contributed by atoms with Gasteiger partial charge in [-0.15, -0.1) is 0 Å². The van der Waals surface area contributed by atoms with Crippen LogP contribution in [0.25, 0.3) is 0 Å². The fraction of sp³-hybridized carbons (Fsp3) is 0.579. The average Bonchev–Trinajstić information content (AvgIpc) is 2.99. The number of rotatable bonds is 8. The molecule has 7 heteroatoms. The normalized spacial score (nSPS) is 20.7. The first-order chi connectivity index (χ1) is 12.4. The predicted molar refractivity (Wildman–Crippen MR) is 96.8 cm³/mol. The highest BCUT2D eigenvalue weighted by atomic mass is 16.6. The molecule has 7 nitrogen and oxygen atoms in total. The third kappa shape index (κ3) is 5.71. The van der Waals surface area contributed by atoms with Crippen LogP contribution in [0.1, 0.15) is 44.0 Å². The number of benzene rings is 1. The highest BCUT2D eigenvalue weighted by Crippen LogP contribution is 2.14. The summed E-state index contributed by atoms with van der Waals surface area (Å²) in [5.74, 6) is 0.275. The van der Waals surface area contributed by atoms with Crippen molar-refractivity contribution in [2.75, 3.05) is 13.2 Å². The topological polar surface area (TPSA) is 96.9 Å². The van der Waals surface area contributed by atoms with Gasteiger partial charge in [-0.25, -0.2) is 0 Å². The fourth-order valence-electron chi connectivity index (χ4n) is 2.81. The number of nitrogens with one attached hydrogen (secondary N) is 2. The van der Waals surface area contributed by atoms with Crippen LogP contribution >= 0.6 is 0 Å². The van der Waals surface area contributed by atoms with Gasteiger partial charge in [0, 0.05) is 5.56 Å². The first-order valence-electron chi connectivity index (χ1n) is 9.04. The molecule has 1 heterocycles. The smallest absolute Gasteiger partial charge is 0.251 e. The van der Waals surface area contributed by atoms with Gasteiger partial charge in [-0.3, -0.25) is 9.59 Å². The van der Waals surface area contributed by atoms with Crippen LogP contribution in [0.2, 0.25) is 0 Å². The van der Waals surface area contributed by atoms with Gasteiger partial charge in [-0.05, 0) is 49.9 Å². The zero-order valence-corrected chi connectivity index (χ0v) is 15.5. The molecule has 0 saturated carbocycles. The van der Waals surface area contributed by atoms with E-state index >= 15 is 0 Å². The summed E-state index contributed by atoms with van der Waals surface area (Å²) in [4.78, 5) is 25.1. The van der Waals surface area contributed by atoms with E-state index in [0.29, 0.717) is 37.4 Å². The fourth-order valence-corrected chi connectivity index (χ4v) is 2.81. The summed E-state index contributed by atoms with van der Waals surface area (Å²) in [6, 6.07) is 5.66. The number of hydrogen-bond donors (Lipinski definition) is 3. The minimum Gasteiger partial charge on any atom is -0.494 e. The highest BCUT2D eigenvalue weighted by molar-refractivity contribution is 5.97. The van der Waals surface area contributed by atoms with Crippen molar-refractivity contribution in [2.24, 2.45) is 5.92 Å². The van der Waals surface area contributed by atoms with Crippen molar-refractivity contribution in [1.82, 2.24) is 10.6 Å². The number of aliphatic hydroxyl groups excluding tert-OH is 1. The molecule has 1 aromatic rings. The average molecular weight is 364 g/mol. The van der Waals surface area contributed by atoms with Crippen LogP contribution < -0.4 is 15.4 Å². The summed E-state index contributed by atoms with van der Waals surface area (Å²) in [7, 11) is 0. The van der Waals surface area contributed by atoms with Gasteiger partial charge < -0.3 is 25.2 Å². The Labute approximate surface area is 154 Å². The Morgan fingerprint density at radius 2 is 2.00 bits per heavy atom. The molecule has 2 amide bonds. The van der Waals surface area contributed by atoms with Gasteiger partial charge in [0.1, 0.15) is 11.8 Å². The van der Waals surface area contributed by atoms with Gasteiger partial charge in [0.25, 0.3) is 5.91 Å². The summed E-state index contributed by atoms with van der Waals surface area (Å²) >= 11 is 0. The Balaban J connectivity index is 2.01. The van der Waals surface area contributed by atoms with E-state index in [9.17, 15) is 14.7 Å². The first-order valence-corrected chi connectivity index (χ1v) is 9.04. The minimum absolute atomic E-state index is 0.219. The molecule has 26 heavy (non-hydrogen) atoms. The third-order valence-electron chi connectivity index (χ3n) is 4.15. The van der Waals surface area contributed by atoms with Crippen molar-refractivity contribution in [1.29, 1.82) is 0 Å². The molecule has 0 aliphatic carbocycles. The molecule has 3 atom stereocenters. The maximum absolute atomic E-state index is 12.6. The van der Waals surface area contributed by atoms with E-state index in [-0.39, 0.29) is 17.7 Å². The van der Waals surface area contributed by atoms with Gasteiger partial charge in [-0.2, -0.15) is 0 Å². The molecule has 0 bridgehead atoms. The maximum atomic E-state index is 12.6. The van der Waals surface area contributed by atoms with Crippen LogP contribution in [0.5, 0.6) is 5.75 Å². The first kappa shape index (κ1) is 20.2. The SMILES string of the molecule is CCOc1ccc(C(=O)NC(CC(C)C)C(=O)NC2CCOC2O)cc1. The number of ether oxygens (including phenoxy) is 2. The van der Waals surface area contributed by atoms with E-state index < -0.39 is 18.4 Å². The zero-order valence-electron chi connectivity index (χ0n) is 15.5. The van der Waals surface area contributed by atoms with Gasteiger partial charge in [0.05, 0.1) is 19.3 Å². The molecule has 3 N–H and O–H groups in total. The lowest BCUT2D eigenvalue weighted by atomic mass is 10.0. The molecule has 1 aliphatic rings. The van der Waals surface area contributed by atoms with E-state index in [1.54, 1.807) is 24.3 Å². The predicted octanol–water partition coefficient (Wildman–Crippen LogP) is 1.45. The molecule has 1 aromatic carbocycles. The molecule has 144 valence electrons. The van der Waals surface area contributed by atoms with Gasteiger partial charge in [0.2, 0.25) is 5.91 Å². The second-order valence-corrected chi connectivity index (χ2v) is 6.78. The van der Waals surface area contributed by atoms with E-state index in [0.717, 1.165) is 0 Å². The van der Waals surface area contributed by atoms with E-state index in [1.807, 2.05) is 20.8 Å². The number of aliphatic hydroxyl groups is 1. The Hall–Kier alpha value is -2.12. The minimum atomic E-state index is -1.000. The van der Waals surface area contributed by atoms with Crippen LogP contribution in [-0.2, 0) is 9.53 Å². The molecule has 0 aromatic heterocycles. The lowest BCUT2D eigenvalue weighted by Crippen LogP contribution is -2.51. The highest BCUT2D eigenvalue weighted by Gasteiger charge is 2.31. The second kappa shape index (κ2) is 9.54. The number of carbonyl (C=O) groups is 2. The van der Waals surface area contributed by atoms with Crippen LogP contribution in [0.3, 0.4) is 0 Å². The number of carbonyl (C=O) groups excluding carboxylic acids is 2. The van der Waals surface area contributed by atoms with Crippen LogP contribution in [0.15, 0.2) is 24.3 Å². The lowest BCUT2D eigenvalue weighted by Gasteiger charge is -2.23. The van der Waals surface area contributed by atoms with E-state index in [2.05, 4.69) is 10.6 Å². The van der Waals surface area contributed by atoms with Gasteiger partial charge >= 0.3 is 0 Å². The molecule has 2 rings (SSSR count). The van der Waals surface area contributed by atoms with Crippen molar-refractivity contribution in [3.8, 4) is 5.75 Å². The third-order valence-corrected chi connectivity index (χ3v) is 4.15. The van der Waals surface area contributed by atoms with Crippen molar-refractivity contribution in [2.45, 2.75) is 52.0 Å². The van der Waals surface area contributed by atoms with Gasteiger partial charge in [0.15, 0.2) is 6.29 Å². The Bertz CT molecular complexity index is 602. The summed E-state index contributed by atoms with van der Waals surface area (Å²) in [5.41, 5.74) is 0.458. The Morgan fingerprint density at radius 1 is 1.31 bits per heavy atom. The largest absolute Gasteiger partial charge is 0.494 e. The van der Waals surface area contributed by atoms with Gasteiger partial charge in [-0.1, -0.05) is 13.8 Å². The number of hydrogen-bond acceptors (Lipinski definition) is 5. The summed E-state index contributed by atoms with van der Waals surface area (Å²) in [6.07, 6.45) is 0.0485. The molecule has 1 fully saturated rings. The maximum Gasteiger partial charge on any atom is 0.251 e. The Kier molecular flexibility index (Phi) is 7.41. The molecule has 0 spiro atoms. The summed E-state index contributed by atoms with van der Waals surface area (Å²) < 4.78 is 10.4. The summed E-state index contributed by atoms with van der Waals surface area (Å²) in [5, 5.41) is 15.3. The van der Waals surface area contributed by atoms with Crippen molar-refractivity contribution < 1.29 is 24.2 Å².